The zero-order chi connectivity index (χ0) is 17.3. The molecule has 1 fully saturated rings. The van der Waals surface area contributed by atoms with Crippen LogP contribution in [0.2, 0.25) is 0 Å². The Morgan fingerprint density at radius 1 is 0.962 bits per heavy atom. The van der Waals surface area contributed by atoms with E-state index >= 15 is 0 Å². The number of para-hydroxylation sites is 1. The van der Waals surface area contributed by atoms with Crippen molar-refractivity contribution in [3.63, 3.8) is 0 Å². The number of fused-ring (bicyclic) bond motifs is 2. The number of rotatable bonds is 5. The lowest BCUT2D eigenvalue weighted by molar-refractivity contribution is 0.336. The molecule has 132 valence electrons. The molecule has 4 aromatic rings. The molecule has 0 amide bonds. The molecule has 0 radical (unpaired) electrons. The van der Waals surface area contributed by atoms with Crippen LogP contribution in [0, 0.1) is 11.8 Å². The second-order valence-corrected chi connectivity index (χ2v) is 9.61. The Bertz CT molecular complexity index is 990. The highest BCUT2D eigenvalue weighted by atomic mass is 32.1. The summed E-state index contributed by atoms with van der Waals surface area (Å²) in [7, 11) is 0. The molecule has 0 spiro atoms. The fourth-order valence-electron chi connectivity index (χ4n) is 4.51. The van der Waals surface area contributed by atoms with E-state index in [2.05, 4.69) is 53.9 Å². The molecular formula is C23H23NS2. The van der Waals surface area contributed by atoms with E-state index in [-0.39, 0.29) is 0 Å². The summed E-state index contributed by atoms with van der Waals surface area (Å²) in [6.45, 7) is 0. The number of aromatic nitrogens is 1. The van der Waals surface area contributed by atoms with Gasteiger partial charge >= 0.3 is 0 Å². The minimum absolute atomic E-state index is 0.722. The molecule has 1 aliphatic rings. The maximum absolute atomic E-state index is 4.94. The van der Waals surface area contributed by atoms with Crippen molar-refractivity contribution in [3.8, 4) is 0 Å². The number of thiophene rings is 1. The first kappa shape index (κ1) is 16.5. The third-order valence-corrected chi connectivity index (χ3v) is 7.98. The average molecular weight is 378 g/mol. The molecule has 0 aliphatic heterocycles. The number of thiazole rings is 1. The van der Waals surface area contributed by atoms with Gasteiger partial charge in [-0.3, -0.25) is 0 Å². The Morgan fingerprint density at radius 3 is 2.65 bits per heavy atom. The zero-order valence-electron chi connectivity index (χ0n) is 14.9. The number of hydrogen-bond donors (Lipinski definition) is 0. The normalized spacial score (nSPS) is 16.6. The summed E-state index contributed by atoms with van der Waals surface area (Å²) in [5, 5.41) is 6.51. The van der Waals surface area contributed by atoms with Crippen LogP contribution in [0.1, 0.15) is 35.6 Å². The average Bonchev–Trinajstić information content (AvgIpc) is 3.41. The minimum atomic E-state index is 0.722. The van der Waals surface area contributed by atoms with E-state index in [0.29, 0.717) is 0 Å². The van der Waals surface area contributed by atoms with Crippen LogP contribution in [0.4, 0.5) is 0 Å². The predicted molar refractivity (Wildman–Crippen MR) is 114 cm³/mol. The summed E-state index contributed by atoms with van der Waals surface area (Å²) >= 11 is 3.84. The highest BCUT2D eigenvalue weighted by Crippen LogP contribution is 2.38. The van der Waals surface area contributed by atoms with E-state index in [4.69, 9.17) is 4.98 Å². The third kappa shape index (κ3) is 3.19. The Hall–Kier alpha value is -1.71. The highest BCUT2D eigenvalue weighted by Gasteiger charge is 2.27. The van der Waals surface area contributed by atoms with Gasteiger partial charge in [0, 0.05) is 11.3 Å². The predicted octanol–water partition coefficient (Wildman–Crippen LogP) is 7.10. The SMILES string of the molecule is c1ccc2c(CC(Cc3nc4ccccc4s3)C3CCCC3)scc2c1. The van der Waals surface area contributed by atoms with Gasteiger partial charge in [-0.25, -0.2) is 4.98 Å². The van der Waals surface area contributed by atoms with Crippen molar-refractivity contribution < 1.29 is 0 Å². The van der Waals surface area contributed by atoms with Crippen LogP contribution >= 0.6 is 22.7 Å². The van der Waals surface area contributed by atoms with Crippen LogP contribution in [0.25, 0.3) is 21.0 Å². The van der Waals surface area contributed by atoms with Gasteiger partial charge in [0.25, 0.3) is 0 Å². The van der Waals surface area contributed by atoms with Crippen molar-refractivity contribution in [2.45, 2.75) is 38.5 Å². The molecule has 0 saturated heterocycles. The van der Waals surface area contributed by atoms with Gasteiger partial charge in [0.05, 0.1) is 15.2 Å². The first-order valence-corrected chi connectivity index (χ1v) is 11.4. The molecule has 3 heteroatoms. The summed E-state index contributed by atoms with van der Waals surface area (Å²) in [5.74, 6) is 1.59. The smallest absolute Gasteiger partial charge is 0.0941 e. The molecule has 2 aromatic heterocycles. The molecule has 1 atom stereocenters. The lowest BCUT2D eigenvalue weighted by Crippen LogP contribution is -2.17. The minimum Gasteiger partial charge on any atom is -0.241 e. The largest absolute Gasteiger partial charge is 0.241 e. The lowest BCUT2D eigenvalue weighted by Gasteiger charge is -2.22. The standard InChI is InChI=1S/C23H23NS2/c1-2-8-16(7-1)18(13-22-19-10-4-3-9-17(19)15-25-22)14-23-24-20-11-5-6-12-21(20)26-23/h3-6,9-12,15-16,18H,1-2,7-8,13-14H2. The van der Waals surface area contributed by atoms with Gasteiger partial charge in [-0.1, -0.05) is 62.1 Å². The molecule has 0 bridgehead atoms. The lowest BCUT2D eigenvalue weighted by atomic mass is 9.85. The summed E-state index contributed by atoms with van der Waals surface area (Å²) in [6, 6.07) is 17.4. The van der Waals surface area contributed by atoms with E-state index in [1.807, 2.05) is 22.7 Å². The molecule has 5 rings (SSSR count). The second kappa shape index (κ2) is 7.13. The van der Waals surface area contributed by atoms with Crippen molar-refractivity contribution in [2.24, 2.45) is 11.8 Å². The molecule has 1 unspecified atom stereocenters. The first-order valence-electron chi connectivity index (χ1n) is 9.66. The highest BCUT2D eigenvalue weighted by molar-refractivity contribution is 7.18. The molecule has 1 aliphatic carbocycles. The molecule has 1 saturated carbocycles. The molecular weight excluding hydrogens is 354 g/mol. The Balaban J connectivity index is 1.45. The van der Waals surface area contributed by atoms with Crippen LogP contribution < -0.4 is 0 Å². The fraction of sp³-hybridized carbons (Fsp3) is 0.348. The maximum atomic E-state index is 4.94. The van der Waals surface area contributed by atoms with Crippen molar-refractivity contribution in [3.05, 3.63) is 63.8 Å². The van der Waals surface area contributed by atoms with Crippen molar-refractivity contribution in [2.75, 3.05) is 0 Å². The van der Waals surface area contributed by atoms with Crippen LogP contribution in [-0.4, -0.2) is 4.98 Å². The Labute approximate surface area is 162 Å². The van der Waals surface area contributed by atoms with Crippen LogP contribution in [0.5, 0.6) is 0 Å². The van der Waals surface area contributed by atoms with E-state index in [1.54, 1.807) is 4.88 Å². The van der Waals surface area contributed by atoms with E-state index < -0.39 is 0 Å². The number of hydrogen-bond acceptors (Lipinski definition) is 3. The number of nitrogens with zero attached hydrogens (tertiary/aromatic N) is 1. The van der Waals surface area contributed by atoms with E-state index in [1.165, 1.54) is 58.1 Å². The van der Waals surface area contributed by atoms with Crippen LogP contribution in [0.3, 0.4) is 0 Å². The summed E-state index contributed by atoms with van der Waals surface area (Å²) in [5.41, 5.74) is 1.17. The van der Waals surface area contributed by atoms with Gasteiger partial charge in [-0.2, -0.15) is 0 Å². The maximum Gasteiger partial charge on any atom is 0.0941 e. The van der Waals surface area contributed by atoms with Crippen molar-refractivity contribution in [1.82, 2.24) is 4.98 Å². The molecule has 26 heavy (non-hydrogen) atoms. The van der Waals surface area contributed by atoms with Gasteiger partial charge in [0.15, 0.2) is 0 Å². The van der Waals surface area contributed by atoms with E-state index in [9.17, 15) is 0 Å². The van der Waals surface area contributed by atoms with Gasteiger partial charge in [0.1, 0.15) is 0 Å². The quantitative estimate of drug-likeness (QED) is 0.361. The van der Waals surface area contributed by atoms with Crippen LogP contribution in [0.15, 0.2) is 53.9 Å². The molecule has 1 nitrogen and oxygen atoms in total. The van der Waals surface area contributed by atoms with Crippen LogP contribution in [-0.2, 0) is 12.8 Å². The molecule has 2 aromatic carbocycles. The second-order valence-electron chi connectivity index (χ2n) is 7.53. The Morgan fingerprint density at radius 2 is 1.77 bits per heavy atom. The van der Waals surface area contributed by atoms with Crippen molar-refractivity contribution >= 4 is 43.7 Å². The van der Waals surface area contributed by atoms with Gasteiger partial charge in [-0.15, -0.1) is 22.7 Å². The molecule has 2 heterocycles. The number of benzene rings is 2. The van der Waals surface area contributed by atoms with Gasteiger partial charge < -0.3 is 0 Å². The zero-order valence-corrected chi connectivity index (χ0v) is 16.5. The first-order chi connectivity index (χ1) is 12.9. The Kier molecular flexibility index (Phi) is 4.51. The fourth-order valence-corrected chi connectivity index (χ4v) is 6.67. The topological polar surface area (TPSA) is 12.9 Å². The summed E-state index contributed by atoms with van der Waals surface area (Å²) < 4.78 is 1.33. The van der Waals surface area contributed by atoms with Crippen molar-refractivity contribution in [1.29, 1.82) is 0 Å². The third-order valence-electron chi connectivity index (χ3n) is 5.88. The monoisotopic (exact) mass is 377 g/mol. The summed E-state index contributed by atoms with van der Waals surface area (Å²) in [6.07, 6.45) is 7.96. The summed E-state index contributed by atoms with van der Waals surface area (Å²) in [4.78, 5) is 6.51. The van der Waals surface area contributed by atoms with E-state index in [0.717, 1.165) is 18.3 Å². The van der Waals surface area contributed by atoms with Gasteiger partial charge in [0.2, 0.25) is 0 Å². The van der Waals surface area contributed by atoms with Gasteiger partial charge in [-0.05, 0) is 46.5 Å². The molecule has 0 N–H and O–H groups in total.